The number of aliphatic carboxylic acids is 1. The molecule has 1 aliphatic rings. The Labute approximate surface area is 219 Å². The zero-order valence-corrected chi connectivity index (χ0v) is 21.4. The van der Waals surface area contributed by atoms with E-state index in [1.165, 1.54) is 0 Å². The summed E-state index contributed by atoms with van der Waals surface area (Å²) in [6, 6.07) is 23.3. The number of benzene rings is 3. The highest BCUT2D eigenvalue weighted by atomic mass is 16.5. The van der Waals surface area contributed by atoms with Gasteiger partial charge in [0.2, 0.25) is 0 Å². The average Bonchev–Trinajstić information content (AvgIpc) is 2.96. The molecule has 0 aliphatic carbocycles. The summed E-state index contributed by atoms with van der Waals surface area (Å²) in [5.41, 5.74) is 1.76. The summed E-state index contributed by atoms with van der Waals surface area (Å²) in [6.07, 6.45) is 1.57. The van der Waals surface area contributed by atoms with E-state index in [4.69, 9.17) is 20.3 Å². The smallest absolute Gasteiger partial charge is 0.307 e. The van der Waals surface area contributed by atoms with Gasteiger partial charge in [0.1, 0.15) is 22.8 Å². The van der Waals surface area contributed by atoms with Gasteiger partial charge in [-0.1, -0.05) is 36.4 Å². The Kier molecular flexibility index (Phi) is 8.23. The highest BCUT2D eigenvalue weighted by molar-refractivity contribution is 5.70. The van der Waals surface area contributed by atoms with Crippen molar-refractivity contribution < 1.29 is 30.2 Å². The van der Waals surface area contributed by atoms with Crippen molar-refractivity contribution in [2.24, 2.45) is 5.92 Å². The van der Waals surface area contributed by atoms with Gasteiger partial charge in [-0.05, 0) is 72.5 Å². The molecule has 37 heavy (non-hydrogen) atoms. The Balaban J connectivity index is 1.74. The van der Waals surface area contributed by atoms with E-state index in [1.807, 2.05) is 72.8 Å². The zero-order valence-electron chi connectivity index (χ0n) is 22.4. The van der Waals surface area contributed by atoms with Gasteiger partial charge in [0.05, 0.1) is 35.2 Å². The highest BCUT2D eigenvalue weighted by Crippen LogP contribution is 2.42. The molecule has 0 aromatic heterocycles. The van der Waals surface area contributed by atoms with Crippen LogP contribution in [0.25, 0.3) is 0 Å². The van der Waals surface area contributed by atoms with Crippen LogP contribution in [0.1, 0.15) is 30.9 Å². The maximum absolute atomic E-state index is 11.6. The van der Waals surface area contributed by atoms with Crippen LogP contribution in [0.15, 0.2) is 72.8 Å². The maximum Gasteiger partial charge on any atom is 0.307 e. The van der Waals surface area contributed by atoms with E-state index in [-0.39, 0.29) is 13.0 Å². The van der Waals surface area contributed by atoms with Gasteiger partial charge in [0.15, 0.2) is 0 Å². The lowest BCUT2D eigenvalue weighted by Gasteiger charge is -2.37. The van der Waals surface area contributed by atoms with Gasteiger partial charge in [-0.25, -0.2) is 0 Å². The fourth-order valence-electron chi connectivity index (χ4n) is 4.98. The zero-order chi connectivity index (χ0) is 27.0. The van der Waals surface area contributed by atoms with Crippen LogP contribution in [-0.2, 0) is 15.1 Å². The molecule has 3 aromatic carbocycles. The monoisotopic (exact) mass is 507 g/mol. The SMILES string of the molecule is [3H]COc1ccc(C(OCCN2CCCC(C(=O)O)C2)(c2ccc(OC)cc2)c2ccc(OC)cc2)cc1. The van der Waals surface area contributed by atoms with Crippen molar-refractivity contribution >= 4 is 5.97 Å². The van der Waals surface area contributed by atoms with Crippen LogP contribution in [0.2, 0.25) is 0 Å². The lowest BCUT2D eigenvalue weighted by Crippen LogP contribution is -2.42. The van der Waals surface area contributed by atoms with Crippen LogP contribution in [0, 0.1) is 5.92 Å². The van der Waals surface area contributed by atoms with E-state index >= 15 is 0 Å². The number of hydrogen-bond acceptors (Lipinski definition) is 6. The molecular formula is C30H35NO6. The minimum atomic E-state index is -0.972. The number of ether oxygens (including phenoxy) is 4. The van der Waals surface area contributed by atoms with Crippen LogP contribution in [0.3, 0.4) is 0 Å². The van der Waals surface area contributed by atoms with Gasteiger partial charge in [-0.15, -0.1) is 0 Å². The third kappa shape index (κ3) is 5.89. The quantitative estimate of drug-likeness (QED) is 0.373. The molecule has 1 N–H and O–H groups in total. The summed E-state index contributed by atoms with van der Waals surface area (Å²) < 4.78 is 30.5. The molecule has 7 nitrogen and oxygen atoms in total. The van der Waals surface area contributed by atoms with Gasteiger partial charge in [0.25, 0.3) is 0 Å². The van der Waals surface area contributed by atoms with E-state index in [9.17, 15) is 9.90 Å². The van der Waals surface area contributed by atoms with E-state index in [0.29, 0.717) is 31.9 Å². The largest absolute Gasteiger partial charge is 0.497 e. The second-order valence-corrected chi connectivity index (χ2v) is 9.13. The van der Waals surface area contributed by atoms with E-state index in [2.05, 4.69) is 4.90 Å². The Morgan fingerprint density at radius 3 is 1.81 bits per heavy atom. The number of likely N-dealkylation sites (tertiary alicyclic amines) is 1. The van der Waals surface area contributed by atoms with Gasteiger partial charge < -0.3 is 29.0 Å². The Morgan fingerprint density at radius 2 is 1.38 bits per heavy atom. The first-order chi connectivity index (χ1) is 18.5. The van der Waals surface area contributed by atoms with Crippen molar-refractivity contribution in [1.82, 2.24) is 4.90 Å². The van der Waals surface area contributed by atoms with Crippen molar-refractivity contribution in [1.29, 1.82) is 0 Å². The molecule has 1 heterocycles. The lowest BCUT2D eigenvalue weighted by atomic mass is 9.80. The van der Waals surface area contributed by atoms with Crippen molar-refractivity contribution in [3.05, 3.63) is 89.5 Å². The number of nitrogens with zero attached hydrogens (tertiary/aromatic N) is 1. The second-order valence-electron chi connectivity index (χ2n) is 9.13. The molecular weight excluding hydrogens is 470 g/mol. The molecule has 0 amide bonds. The molecule has 0 radical (unpaired) electrons. The number of rotatable bonds is 11. The number of carbonyl (C=O) groups is 1. The molecule has 0 spiro atoms. The number of piperidine rings is 1. The first-order valence-corrected chi connectivity index (χ1v) is 12.4. The minimum Gasteiger partial charge on any atom is -0.497 e. The maximum atomic E-state index is 11.6. The van der Waals surface area contributed by atoms with E-state index in [1.54, 1.807) is 14.2 Å². The molecule has 1 fully saturated rings. The lowest BCUT2D eigenvalue weighted by molar-refractivity contribution is -0.143. The normalized spacial score (nSPS) is 16.6. The van der Waals surface area contributed by atoms with Crippen LogP contribution in [-0.4, -0.2) is 63.5 Å². The molecule has 4 rings (SSSR count). The topological polar surface area (TPSA) is 77.5 Å². The number of carboxylic acids is 1. The van der Waals surface area contributed by atoms with Gasteiger partial charge in [-0.2, -0.15) is 0 Å². The standard InChI is InChI=1S/C30H35NO6/c1-34-26-12-6-23(7-13-26)30(24-8-14-27(35-2)15-9-24,25-10-16-28(36-3)17-11-25)37-20-19-31-18-4-5-22(21-31)29(32)33/h6-17,22H,4-5,18-21H2,1-3H3,(H,32,33)/i1T. The first kappa shape index (κ1) is 25.1. The van der Waals surface area contributed by atoms with Crippen molar-refractivity contribution in [3.63, 3.8) is 0 Å². The summed E-state index contributed by atoms with van der Waals surface area (Å²) >= 11 is 0. The molecule has 3 aromatic rings. The summed E-state index contributed by atoms with van der Waals surface area (Å²) in [4.78, 5) is 13.7. The Hall–Kier alpha value is -3.55. The molecule has 196 valence electrons. The predicted octanol–water partition coefficient (Wildman–Crippen LogP) is 4.82. The van der Waals surface area contributed by atoms with E-state index in [0.717, 1.165) is 41.2 Å². The van der Waals surface area contributed by atoms with Crippen molar-refractivity contribution in [2.75, 3.05) is 47.5 Å². The van der Waals surface area contributed by atoms with Crippen molar-refractivity contribution in [2.45, 2.75) is 18.4 Å². The molecule has 1 aliphatic heterocycles. The molecule has 0 saturated carbocycles. The molecule has 1 saturated heterocycles. The van der Waals surface area contributed by atoms with Crippen LogP contribution >= 0.6 is 0 Å². The predicted molar refractivity (Wildman–Crippen MR) is 142 cm³/mol. The van der Waals surface area contributed by atoms with Gasteiger partial charge in [0, 0.05) is 13.1 Å². The van der Waals surface area contributed by atoms with E-state index < -0.39 is 11.6 Å². The summed E-state index contributed by atoms with van der Waals surface area (Å²) in [6.45, 7) is 2.37. The van der Waals surface area contributed by atoms with Crippen molar-refractivity contribution in [3.8, 4) is 17.2 Å². The number of carboxylic acid groups (broad SMARTS) is 1. The van der Waals surface area contributed by atoms with Gasteiger partial charge >= 0.3 is 5.97 Å². The Morgan fingerprint density at radius 1 is 0.892 bits per heavy atom. The summed E-state index contributed by atoms with van der Waals surface area (Å²) in [7, 11) is 3.11. The van der Waals surface area contributed by atoms with Crippen LogP contribution < -0.4 is 14.2 Å². The molecule has 1 unspecified atom stereocenters. The molecule has 1 atom stereocenters. The Bertz CT molecular complexity index is 1120. The first-order valence-electron chi connectivity index (χ1n) is 13.1. The highest BCUT2D eigenvalue weighted by Gasteiger charge is 2.38. The summed E-state index contributed by atoms with van der Waals surface area (Å²) in [5, 5.41) is 9.50. The fourth-order valence-corrected chi connectivity index (χ4v) is 4.98. The van der Waals surface area contributed by atoms with Gasteiger partial charge in [-0.3, -0.25) is 4.79 Å². The third-order valence-corrected chi connectivity index (χ3v) is 7.00. The average molecular weight is 508 g/mol. The minimum absolute atomic E-state index is 0.162. The summed E-state index contributed by atoms with van der Waals surface area (Å²) in [5.74, 6) is 1.00. The third-order valence-electron chi connectivity index (χ3n) is 7.00. The number of methoxy groups -OCH3 is 3. The second kappa shape index (κ2) is 12.1. The number of hydrogen-bond donors (Lipinski definition) is 1. The van der Waals surface area contributed by atoms with Crippen LogP contribution in [0.5, 0.6) is 17.2 Å². The fraction of sp³-hybridized carbons (Fsp3) is 0.367. The van der Waals surface area contributed by atoms with Crippen LogP contribution in [0.4, 0.5) is 0 Å². The molecule has 7 heteroatoms. The molecule has 0 bridgehead atoms.